The van der Waals surface area contributed by atoms with Crippen LogP contribution in [0.3, 0.4) is 0 Å². The standard InChI is InChI=1S/C40H75N2O7P/c1-3-5-7-9-11-13-15-16-17-18-19-20-22-24-26-28-30-32-39(44)38(36-49-50(46,47)48-34-33-41)42-40(45)35-37(43)31-29-27-25-23-21-14-12-10-8-6-4-2/h22-25,29-32,37-39,43-44H,3-21,26-28,33-36,41H2,1-2H3,(H,42,45)(H,46,47)/b24-22+,25-23-,31-29-,32-30+. The third kappa shape index (κ3) is 33.6. The normalized spacial score (nSPS) is 15.4. The number of hydrogen-bond donors (Lipinski definition) is 5. The first-order chi connectivity index (χ1) is 24.3. The highest BCUT2D eigenvalue weighted by molar-refractivity contribution is 7.47. The zero-order valence-electron chi connectivity index (χ0n) is 31.7. The number of aliphatic hydroxyl groups excluding tert-OH is 2. The van der Waals surface area contributed by atoms with E-state index in [-0.39, 0.29) is 19.6 Å². The second-order valence-electron chi connectivity index (χ2n) is 13.3. The van der Waals surface area contributed by atoms with E-state index in [9.17, 15) is 24.5 Å². The molecule has 292 valence electrons. The molecule has 4 unspecified atom stereocenters. The van der Waals surface area contributed by atoms with Crippen molar-refractivity contribution in [1.29, 1.82) is 0 Å². The van der Waals surface area contributed by atoms with Gasteiger partial charge in [-0.25, -0.2) is 4.57 Å². The lowest BCUT2D eigenvalue weighted by Gasteiger charge is -2.23. The summed E-state index contributed by atoms with van der Waals surface area (Å²) in [5, 5.41) is 23.8. The first-order valence-corrected chi connectivity index (χ1v) is 21.4. The van der Waals surface area contributed by atoms with Crippen LogP contribution < -0.4 is 11.1 Å². The molecule has 0 aliphatic heterocycles. The maximum absolute atomic E-state index is 12.7. The Morgan fingerprint density at radius 2 is 1.18 bits per heavy atom. The van der Waals surface area contributed by atoms with Crippen LogP contribution in [0.1, 0.15) is 162 Å². The molecule has 0 saturated carbocycles. The van der Waals surface area contributed by atoms with Gasteiger partial charge in [0, 0.05) is 6.54 Å². The predicted octanol–water partition coefficient (Wildman–Crippen LogP) is 9.52. The van der Waals surface area contributed by atoms with E-state index < -0.39 is 38.6 Å². The average Bonchev–Trinajstić information content (AvgIpc) is 3.09. The predicted molar refractivity (Wildman–Crippen MR) is 209 cm³/mol. The molecule has 0 saturated heterocycles. The fourth-order valence-electron chi connectivity index (χ4n) is 5.42. The van der Waals surface area contributed by atoms with E-state index in [0.29, 0.717) is 12.8 Å². The molecular formula is C40H75N2O7P. The molecule has 0 fully saturated rings. The van der Waals surface area contributed by atoms with Gasteiger partial charge in [-0.15, -0.1) is 0 Å². The van der Waals surface area contributed by atoms with Gasteiger partial charge >= 0.3 is 7.82 Å². The summed E-state index contributed by atoms with van der Waals surface area (Å²) < 4.78 is 22.0. The van der Waals surface area contributed by atoms with Crippen molar-refractivity contribution in [3.8, 4) is 0 Å². The number of carbonyl (C=O) groups excluding carboxylic acids is 1. The molecule has 0 aliphatic carbocycles. The molecule has 1 amide bonds. The molecule has 0 rings (SSSR count). The van der Waals surface area contributed by atoms with Gasteiger partial charge in [-0.1, -0.05) is 159 Å². The second kappa shape index (κ2) is 35.8. The molecule has 0 heterocycles. The van der Waals surface area contributed by atoms with Crippen molar-refractivity contribution >= 4 is 13.7 Å². The summed E-state index contributed by atoms with van der Waals surface area (Å²) in [5.74, 6) is -0.525. The number of unbranched alkanes of at least 4 members (excludes halogenated alkanes) is 18. The van der Waals surface area contributed by atoms with Gasteiger partial charge < -0.3 is 26.2 Å². The highest BCUT2D eigenvalue weighted by atomic mass is 31.2. The van der Waals surface area contributed by atoms with Crippen LogP contribution in [-0.2, 0) is 18.4 Å². The number of rotatable bonds is 36. The summed E-state index contributed by atoms with van der Waals surface area (Å²) in [7, 11) is -4.42. The summed E-state index contributed by atoms with van der Waals surface area (Å²) in [6, 6.07) is -1.03. The molecule has 0 aromatic heterocycles. The van der Waals surface area contributed by atoms with E-state index in [4.69, 9.17) is 14.8 Å². The minimum absolute atomic E-state index is 0.0352. The zero-order chi connectivity index (χ0) is 37.0. The Hall–Kier alpha value is -1.58. The maximum Gasteiger partial charge on any atom is 0.472 e. The number of aliphatic hydroxyl groups is 2. The van der Waals surface area contributed by atoms with E-state index in [1.165, 1.54) is 109 Å². The largest absolute Gasteiger partial charge is 0.472 e. The Bertz CT molecular complexity index is 941. The topological polar surface area (TPSA) is 151 Å². The van der Waals surface area contributed by atoms with Crippen LogP contribution in [0.2, 0.25) is 0 Å². The van der Waals surface area contributed by atoms with E-state index >= 15 is 0 Å². The summed E-state index contributed by atoms with van der Waals surface area (Å²) in [6.45, 7) is 3.87. The quantitative estimate of drug-likeness (QED) is 0.0243. The molecule has 6 N–H and O–H groups in total. The number of phosphoric acid groups is 1. The molecule has 0 bridgehead atoms. The van der Waals surface area contributed by atoms with Crippen molar-refractivity contribution in [2.75, 3.05) is 19.8 Å². The van der Waals surface area contributed by atoms with Crippen molar-refractivity contribution in [2.24, 2.45) is 5.73 Å². The Balaban J connectivity index is 4.55. The summed E-state index contributed by atoms with van der Waals surface area (Å²) in [4.78, 5) is 22.6. The fourth-order valence-corrected chi connectivity index (χ4v) is 6.18. The molecular weight excluding hydrogens is 651 g/mol. The summed E-state index contributed by atoms with van der Waals surface area (Å²) >= 11 is 0. The number of nitrogens with one attached hydrogen (secondary N) is 1. The lowest BCUT2D eigenvalue weighted by Crippen LogP contribution is -2.46. The number of hydrogen-bond acceptors (Lipinski definition) is 7. The Kier molecular flexibility index (Phi) is 34.7. The molecule has 10 heteroatoms. The van der Waals surface area contributed by atoms with Crippen molar-refractivity contribution in [1.82, 2.24) is 5.32 Å². The first-order valence-electron chi connectivity index (χ1n) is 19.9. The van der Waals surface area contributed by atoms with Crippen LogP contribution in [0.4, 0.5) is 0 Å². The lowest BCUT2D eigenvalue weighted by molar-refractivity contribution is -0.124. The molecule has 9 nitrogen and oxygen atoms in total. The zero-order valence-corrected chi connectivity index (χ0v) is 32.6. The van der Waals surface area contributed by atoms with Gasteiger partial charge in [-0.05, 0) is 44.9 Å². The molecule has 0 aromatic carbocycles. The van der Waals surface area contributed by atoms with E-state index in [1.807, 2.05) is 12.2 Å². The number of amides is 1. The van der Waals surface area contributed by atoms with Gasteiger partial charge in [0.05, 0.1) is 37.9 Å². The van der Waals surface area contributed by atoms with Gasteiger partial charge in [0.1, 0.15) is 0 Å². The average molecular weight is 727 g/mol. The fraction of sp³-hybridized carbons (Fsp3) is 0.775. The van der Waals surface area contributed by atoms with Crippen molar-refractivity contribution in [2.45, 2.75) is 180 Å². The van der Waals surface area contributed by atoms with Crippen LogP contribution in [0.15, 0.2) is 48.6 Å². The molecule has 50 heavy (non-hydrogen) atoms. The van der Waals surface area contributed by atoms with Crippen LogP contribution >= 0.6 is 7.82 Å². The minimum Gasteiger partial charge on any atom is -0.389 e. The molecule has 0 aliphatic rings. The number of phosphoric ester groups is 1. The minimum atomic E-state index is -4.42. The van der Waals surface area contributed by atoms with Crippen molar-refractivity contribution in [3.05, 3.63) is 48.6 Å². The Labute approximate surface area is 305 Å². The highest BCUT2D eigenvalue weighted by Gasteiger charge is 2.27. The highest BCUT2D eigenvalue weighted by Crippen LogP contribution is 2.43. The number of carbonyl (C=O) groups is 1. The molecule has 4 atom stereocenters. The first kappa shape index (κ1) is 48.4. The molecule has 0 aromatic rings. The third-order valence-corrected chi connectivity index (χ3v) is 9.42. The van der Waals surface area contributed by atoms with Gasteiger partial charge in [0.15, 0.2) is 0 Å². The van der Waals surface area contributed by atoms with Gasteiger partial charge in [-0.2, -0.15) is 0 Å². The van der Waals surface area contributed by atoms with Gasteiger partial charge in [0.2, 0.25) is 5.91 Å². The van der Waals surface area contributed by atoms with Gasteiger partial charge in [0.25, 0.3) is 0 Å². The van der Waals surface area contributed by atoms with Crippen LogP contribution in [0, 0.1) is 0 Å². The molecule has 0 spiro atoms. The van der Waals surface area contributed by atoms with Crippen LogP contribution in [0.5, 0.6) is 0 Å². The number of allylic oxidation sites excluding steroid dienone is 6. The van der Waals surface area contributed by atoms with Crippen molar-refractivity contribution in [3.63, 3.8) is 0 Å². The Morgan fingerprint density at radius 1 is 0.680 bits per heavy atom. The van der Waals surface area contributed by atoms with Crippen molar-refractivity contribution < 1.29 is 33.5 Å². The molecule has 0 radical (unpaired) electrons. The maximum atomic E-state index is 12.7. The summed E-state index contributed by atoms with van der Waals surface area (Å²) in [5.41, 5.74) is 5.34. The van der Waals surface area contributed by atoms with Gasteiger partial charge in [-0.3, -0.25) is 13.8 Å². The lowest BCUT2D eigenvalue weighted by atomic mass is 10.1. The summed E-state index contributed by atoms with van der Waals surface area (Å²) in [6.07, 6.45) is 39.4. The smallest absolute Gasteiger partial charge is 0.389 e. The van der Waals surface area contributed by atoms with E-state index in [1.54, 1.807) is 12.2 Å². The Morgan fingerprint density at radius 3 is 1.74 bits per heavy atom. The third-order valence-electron chi connectivity index (χ3n) is 8.44. The van der Waals surface area contributed by atoms with E-state index in [2.05, 4.69) is 43.5 Å². The monoisotopic (exact) mass is 727 g/mol. The SMILES string of the molecule is CCCCCCCC/C=C\C/C=C\C(O)CC(=O)NC(COP(=O)(O)OCCN)C(O)/C=C/CC/C=C/CCCCCCCCCCCCC. The van der Waals surface area contributed by atoms with E-state index in [0.717, 1.165) is 19.3 Å². The second-order valence-corrected chi connectivity index (χ2v) is 14.8. The van der Waals surface area contributed by atoms with Crippen LogP contribution in [0.25, 0.3) is 0 Å². The number of nitrogens with two attached hydrogens (primary N) is 1. The van der Waals surface area contributed by atoms with Crippen LogP contribution in [-0.4, -0.2) is 59.0 Å².